The molecular weight excluding hydrogens is 452 g/mol. The molecule has 3 aromatic rings. The normalized spacial score (nSPS) is 11.4. The number of aromatic nitrogens is 3. The smallest absolute Gasteiger partial charge is 0.294 e. The van der Waals surface area contributed by atoms with Gasteiger partial charge in [-0.05, 0) is 30.7 Å². The summed E-state index contributed by atoms with van der Waals surface area (Å²) in [6, 6.07) is 10.8. The summed E-state index contributed by atoms with van der Waals surface area (Å²) in [5, 5.41) is 28.8. The molecule has 1 aromatic heterocycles. The largest absolute Gasteiger partial charge is 0.319 e. The van der Waals surface area contributed by atoms with Crippen molar-refractivity contribution in [2.75, 3.05) is 5.32 Å². The Balaban J connectivity index is 1.87. The maximum Gasteiger partial charge on any atom is 0.294 e. The van der Waals surface area contributed by atoms with Crippen LogP contribution in [0.3, 0.4) is 0 Å². The number of nitrogens with two attached hydrogens (primary N) is 1. The van der Waals surface area contributed by atoms with E-state index >= 15 is 0 Å². The Kier molecular flexibility index (Phi) is 6.61. The highest BCUT2D eigenvalue weighted by molar-refractivity contribution is 7.98. The molecule has 0 saturated heterocycles. The molecule has 2 aromatic carbocycles. The third kappa shape index (κ3) is 4.90. The van der Waals surface area contributed by atoms with Crippen molar-refractivity contribution in [1.82, 2.24) is 14.8 Å². The maximum atomic E-state index is 11.5. The van der Waals surface area contributed by atoms with Crippen molar-refractivity contribution in [3.05, 3.63) is 63.2 Å². The average Bonchev–Trinajstić information content (AvgIpc) is 3.08. The van der Waals surface area contributed by atoms with E-state index in [0.717, 1.165) is 11.6 Å². The fraction of sp³-hybridized carbons (Fsp3) is 0.176. The molecule has 13 heteroatoms. The Morgan fingerprint density at radius 3 is 2.63 bits per heavy atom. The molecule has 0 radical (unpaired) electrons. The zero-order valence-corrected chi connectivity index (χ0v) is 18.0. The molecule has 0 atom stereocenters. The summed E-state index contributed by atoms with van der Waals surface area (Å²) in [5.74, 6) is 0.853. The Morgan fingerprint density at radius 2 is 2.00 bits per heavy atom. The molecule has 3 N–H and O–H groups in total. The quantitative estimate of drug-likeness (QED) is 0.290. The van der Waals surface area contributed by atoms with Crippen molar-refractivity contribution in [2.45, 2.75) is 29.3 Å². The first-order chi connectivity index (χ1) is 14.2. The number of halogens is 1. The summed E-state index contributed by atoms with van der Waals surface area (Å²) < 4.78 is 24.7. The van der Waals surface area contributed by atoms with Gasteiger partial charge >= 0.3 is 0 Å². The fourth-order valence-electron chi connectivity index (χ4n) is 2.60. The van der Waals surface area contributed by atoms with Crippen LogP contribution in [0.1, 0.15) is 12.5 Å². The lowest BCUT2D eigenvalue weighted by Crippen LogP contribution is -2.13. The number of primary sulfonamides is 1. The van der Waals surface area contributed by atoms with Gasteiger partial charge in [0.25, 0.3) is 5.69 Å². The Morgan fingerprint density at radius 1 is 1.27 bits per heavy atom. The lowest BCUT2D eigenvalue weighted by atomic mass is 10.2. The predicted octanol–water partition coefficient (Wildman–Crippen LogP) is 3.54. The van der Waals surface area contributed by atoms with E-state index in [1.54, 1.807) is 10.6 Å². The summed E-state index contributed by atoms with van der Waals surface area (Å²) in [4.78, 5) is 10.4. The van der Waals surface area contributed by atoms with E-state index in [1.165, 1.54) is 23.9 Å². The number of anilines is 2. The van der Waals surface area contributed by atoms with E-state index in [0.29, 0.717) is 22.5 Å². The van der Waals surface area contributed by atoms with Gasteiger partial charge in [0.2, 0.25) is 16.0 Å². The Labute approximate surface area is 181 Å². The lowest BCUT2D eigenvalue weighted by Gasteiger charge is -2.10. The van der Waals surface area contributed by atoms with E-state index in [-0.39, 0.29) is 16.5 Å². The summed E-state index contributed by atoms with van der Waals surface area (Å²) in [6.07, 6.45) is 0. The van der Waals surface area contributed by atoms with Crippen LogP contribution >= 0.6 is 23.4 Å². The first-order valence-corrected chi connectivity index (χ1v) is 11.5. The number of hydrogen-bond acceptors (Lipinski definition) is 8. The van der Waals surface area contributed by atoms with Gasteiger partial charge in [0.1, 0.15) is 5.69 Å². The van der Waals surface area contributed by atoms with Crippen LogP contribution in [0.25, 0.3) is 0 Å². The van der Waals surface area contributed by atoms with Crippen LogP contribution in [0.15, 0.2) is 52.5 Å². The molecule has 0 unspecified atom stereocenters. The number of benzene rings is 2. The molecular formula is C17H17ClN6O4S2. The highest BCUT2D eigenvalue weighted by Crippen LogP contribution is 2.31. The topological polar surface area (TPSA) is 146 Å². The van der Waals surface area contributed by atoms with Crippen molar-refractivity contribution in [2.24, 2.45) is 5.14 Å². The summed E-state index contributed by atoms with van der Waals surface area (Å²) in [5.41, 5.74) is 0.563. The van der Waals surface area contributed by atoms with Crippen LogP contribution in [0.4, 0.5) is 17.3 Å². The van der Waals surface area contributed by atoms with Gasteiger partial charge < -0.3 is 5.32 Å². The number of hydrogen-bond donors (Lipinski definition) is 2. The Bertz CT molecular complexity index is 1200. The molecule has 0 amide bonds. The zero-order chi connectivity index (χ0) is 21.9. The van der Waals surface area contributed by atoms with Gasteiger partial charge in [-0.25, -0.2) is 13.6 Å². The SMILES string of the molecule is CCn1c(Nc2ccc(S(N)(=O)=O)cc2[N+](=O)[O-])nnc1SCc1ccccc1Cl. The highest BCUT2D eigenvalue weighted by atomic mass is 35.5. The standard InChI is InChI=1S/C17H17ClN6O4S2/c1-2-23-16(21-22-17(23)29-10-11-5-3-4-6-13(11)18)20-14-8-7-12(30(19,27)28)9-15(14)24(25)26/h3-9H,2,10H2,1H3,(H,20,21)(H2,19,27,28). The summed E-state index contributed by atoms with van der Waals surface area (Å²) in [6.45, 7) is 2.38. The second-order valence-electron chi connectivity index (χ2n) is 6.04. The van der Waals surface area contributed by atoms with Gasteiger partial charge in [-0.15, -0.1) is 10.2 Å². The molecule has 10 nitrogen and oxygen atoms in total. The summed E-state index contributed by atoms with van der Waals surface area (Å²) in [7, 11) is -4.07. The third-order valence-corrected chi connectivity index (χ3v) is 6.38. The monoisotopic (exact) mass is 468 g/mol. The van der Waals surface area contributed by atoms with Gasteiger partial charge in [-0.3, -0.25) is 14.7 Å². The van der Waals surface area contributed by atoms with E-state index < -0.39 is 20.6 Å². The van der Waals surface area contributed by atoms with Crippen molar-refractivity contribution < 1.29 is 13.3 Å². The molecule has 0 fully saturated rings. The molecule has 0 aliphatic heterocycles. The first-order valence-electron chi connectivity index (χ1n) is 8.58. The lowest BCUT2D eigenvalue weighted by molar-refractivity contribution is -0.384. The minimum atomic E-state index is -4.07. The van der Waals surface area contributed by atoms with E-state index in [4.69, 9.17) is 16.7 Å². The second-order valence-corrected chi connectivity index (χ2v) is 8.95. The number of nitrogens with zero attached hydrogens (tertiary/aromatic N) is 4. The molecule has 3 rings (SSSR count). The van der Waals surface area contributed by atoms with E-state index in [2.05, 4.69) is 15.5 Å². The van der Waals surface area contributed by atoms with Gasteiger partial charge in [0.05, 0.1) is 9.82 Å². The van der Waals surface area contributed by atoms with Crippen LogP contribution in [0, 0.1) is 10.1 Å². The predicted molar refractivity (Wildman–Crippen MR) is 114 cm³/mol. The molecule has 0 aliphatic rings. The summed E-state index contributed by atoms with van der Waals surface area (Å²) >= 11 is 7.61. The molecule has 0 bridgehead atoms. The molecule has 0 aliphatic carbocycles. The molecule has 158 valence electrons. The van der Waals surface area contributed by atoms with Crippen LogP contribution in [0.5, 0.6) is 0 Å². The number of thioether (sulfide) groups is 1. The van der Waals surface area contributed by atoms with Crippen LogP contribution in [-0.2, 0) is 22.3 Å². The van der Waals surface area contributed by atoms with E-state index in [9.17, 15) is 18.5 Å². The van der Waals surface area contributed by atoms with Gasteiger partial charge in [0.15, 0.2) is 5.16 Å². The molecule has 0 spiro atoms. The number of nitro groups is 1. The highest BCUT2D eigenvalue weighted by Gasteiger charge is 2.21. The van der Waals surface area contributed by atoms with E-state index in [1.807, 2.05) is 25.1 Å². The molecule has 1 heterocycles. The van der Waals surface area contributed by atoms with Crippen LogP contribution in [0.2, 0.25) is 5.02 Å². The second kappa shape index (κ2) is 9.00. The van der Waals surface area contributed by atoms with Crippen molar-refractivity contribution in [1.29, 1.82) is 0 Å². The maximum absolute atomic E-state index is 11.5. The number of rotatable bonds is 8. The number of nitrogens with one attached hydrogen (secondary N) is 1. The molecule has 0 saturated carbocycles. The minimum absolute atomic E-state index is 0.0668. The van der Waals surface area contributed by atoms with Crippen molar-refractivity contribution >= 4 is 50.7 Å². The van der Waals surface area contributed by atoms with Crippen molar-refractivity contribution in [3.63, 3.8) is 0 Å². The minimum Gasteiger partial charge on any atom is -0.319 e. The van der Waals surface area contributed by atoms with Crippen LogP contribution < -0.4 is 10.5 Å². The van der Waals surface area contributed by atoms with Gasteiger partial charge in [-0.1, -0.05) is 41.6 Å². The van der Waals surface area contributed by atoms with Crippen molar-refractivity contribution in [3.8, 4) is 0 Å². The number of nitro benzene ring substituents is 1. The third-order valence-electron chi connectivity index (χ3n) is 4.09. The van der Waals surface area contributed by atoms with Gasteiger partial charge in [-0.2, -0.15) is 0 Å². The number of sulfonamides is 1. The average molecular weight is 469 g/mol. The first kappa shape index (κ1) is 22.0. The molecule has 30 heavy (non-hydrogen) atoms. The fourth-order valence-corrected chi connectivity index (χ4v) is 4.42. The van der Waals surface area contributed by atoms with Crippen LogP contribution in [-0.4, -0.2) is 28.1 Å². The Hall–Kier alpha value is -2.67. The zero-order valence-electron chi connectivity index (χ0n) is 15.6. The van der Waals surface area contributed by atoms with Gasteiger partial charge in [0, 0.05) is 23.4 Å².